The Kier molecular flexibility index (Phi) is 8.47. The van der Waals surface area contributed by atoms with Crippen molar-refractivity contribution in [3.8, 4) is 0 Å². The first kappa shape index (κ1) is 26.9. The molecule has 0 atom stereocenters. The summed E-state index contributed by atoms with van der Waals surface area (Å²) in [6.07, 6.45) is 2.31. The lowest BCUT2D eigenvalue weighted by Crippen LogP contribution is -2.41. The molecule has 0 spiro atoms. The maximum atomic E-state index is 5.76. The molecule has 1 aliphatic heterocycles. The zero-order valence-corrected chi connectivity index (χ0v) is 24.0. The Hall–Kier alpha value is -4.30. The van der Waals surface area contributed by atoms with Crippen molar-refractivity contribution in [3.63, 3.8) is 0 Å². The van der Waals surface area contributed by atoms with Gasteiger partial charge in [0.05, 0.1) is 13.2 Å². The number of morpholine rings is 1. The van der Waals surface area contributed by atoms with Crippen LogP contribution in [0.5, 0.6) is 0 Å². The first-order valence-electron chi connectivity index (χ1n) is 14.2. The van der Waals surface area contributed by atoms with Crippen molar-refractivity contribution < 1.29 is 4.74 Å². The fourth-order valence-corrected chi connectivity index (χ4v) is 9.62. The molecule has 41 heavy (non-hydrogen) atoms. The second kappa shape index (κ2) is 12.9. The van der Waals surface area contributed by atoms with E-state index < -0.39 is 7.26 Å². The van der Waals surface area contributed by atoms with Gasteiger partial charge in [-0.25, -0.2) is 0 Å². The molecular weight excluding hydrogens is 519 g/mol. The average molecular weight is 554 g/mol. The van der Waals surface area contributed by atoms with Crippen LogP contribution in [0, 0.1) is 0 Å². The Bertz CT molecular complexity index is 1490. The SMILES string of the molecule is C(=C(/N=C(c1ccccc1)N1CCOCC1)[P+](c1ccccc1)(c1ccccc1)c1ccccc1)/c1ccccc1. The van der Waals surface area contributed by atoms with Gasteiger partial charge in [-0.15, -0.1) is 0 Å². The van der Waals surface area contributed by atoms with E-state index >= 15 is 0 Å². The topological polar surface area (TPSA) is 24.8 Å². The summed E-state index contributed by atoms with van der Waals surface area (Å²) >= 11 is 0. The van der Waals surface area contributed by atoms with Crippen LogP contribution in [0.2, 0.25) is 0 Å². The standard InChI is InChI=1S/C37H34N2OP/c1-6-16-31(17-7-1)30-36(38-37(32-18-8-2-9-19-32)39-26-28-40-29-27-39)41(33-20-10-3-11-21-33,34-22-12-4-13-23-34)35-24-14-5-15-25-35/h1-25,30H,26-29H2/q+1/b36-30+,38-37?. The first-order valence-corrected chi connectivity index (χ1v) is 15.9. The summed E-state index contributed by atoms with van der Waals surface area (Å²) < 4.78 is 5.76. The summed E-state index contributed by atoms with van der Waals surface area (Å²) in [5.41, 5.74) is 3.31. The molecule has 0 aliphatic carbocycles. The predicted molar refractivity (Wildman–Crippen MR) is 175 cm³/mol. The van der Waals surface area contributed by atoms with Crippen LogP contribution >= 0.6 is 7.26 Å². The highest BCUT2D eigenvalue weighted by atomic mass is 31.2. The second-order valence-corrected chi connectivity index (χ2v) is 13.3. The third-order valence-electron chi connectivity index (χ3n) is 7.43. The second-order valence-electron chi connectivity index (χ2n) is 9.99. The average Bonchev–Trinajstić information content (AvgIpc) is 3.06. The molecule has 0 aromatic heterocycles. The maximum Gasteiger partial charge on any atom is 0.200 e. The molecule has 0 radical (unpaired) electrons. The third-order valence-corrected chi connectivity index (χ3v) is 11.6. The predicted octanol–water partition coefficient (Wildman–Crippen LogP) is 6.76. The lowest BCUT2D eigenvalue weighted by Gasteiger charge is -2.32. The van der Waals surface area contributed by atoms with Gasteiger partial charge in [0.15, 0.2) is 7.26 Å². The summed E-state index contributed by atoms with van der Waals surface area (Å²) in [6.45, 7) is 3.00. The summed E-state index contributed by atoms with van der Waals surface area (Å²) in [5.74, 6) is 0.989. The molecule has 0 saturated carbocycles. The number of hydrogen-bond acceptors (Lipinski definition) is 2. The molecule has 5 aromatic rings. The zero-order valence-electron chi connectivity index (χ0n) is 23.1. The summed E-state index contributed by atoms with van der Waals surface area (Å²) in [4.78, 5) is 8.15. The van der Waals surface area contributed by atoms with Crippen LogP contribution in [0.4, 0.5) is 0 Å². The number of rotatable bonds is 7. The van der Waals surface area contributed by atoms with Crippen LogP contribution in [-0.2, 0) is 4.74 Å². The van der Waals surface area contributed by atoms with E-state index in [0.29, 0.717) is 13.2 Å². The van der Waals surface area contributed by atoms with Crippen LogP contribution in [0.3, 0.4) is 0 Å². The van der Waals surface area contributed by atoms with Crippen LogP contribution in [0.1, 0.15) is 11.1 Å². The molecule has 0 amide bonds. The molecule has 0 bridgehead atoms. The fourth-order valence-electron chi connectivity index (χ4n) is 5.49. The molecule has 3 nitrogen and oxygen atoms in total. The van der Waals surface area contributed by atoms with Gasteiger partial charge in [-0.05, 0) is 42.0 Å². The molecule has 1 saturated heterocycles. The van der Waals surface area contributed by atoms with Crippen molar-refractivity contribution in [3.05, 3.63) is 168 Å². The van der Waals surface area contributed by atoms with Crippen molar-refractivity contribution >= 4 is 35.1 Å². The van der Waals surface area contributed by atoms with Gasteiger partial charge in [0.25, 0.3) is 0 Å². The summed E-state index contributed by atoms with van der Waals surface area (Å²) in [6, 6.07) is 54.1. The molecule has 1 aliphatic rings. The van der Waals surface area contributed by atoms with Gasteiger partial charge in [-0.1, -0.05) is 115 Å². The van der Waals surface area contributed by atoms with Crippen molar-refractivity contribution in [1.82, 2.24) is 4.90 Å². The van der Waals surface area contributed by atoms with Gasteiger partial charge in [0, 0.05) is 24.7 Å². The minimum absolute atomic E-state index is 0.694. The van der Waals surface area contributed by atoms with Crippen molar-refractivity contribution in [2.45, 2.75) is 0 Å². The number of ether oxygens (including phenoxy) is 1. The van der Waals surface area contributed by atoms with Crippen LogP contribution < -0.4 is 15.9 Å². The highest BCUT2D eigenvalue weighted by Crippen LogP contribution is 2.63. The van der Waals surface area contributed by atoms with E-state index in [9.17, 15) is 0 Å². The van der Waals surface area contributed by atoms with E-state index in [0.717, 1.165) is 35.5 Å². The Labute approximate surface area is 243 Å². The van der Waals surface area contributed by atoms with E-state index in [4.69, 9.17) is 9.73 Å². The van der Waals surface area contributed by atoms with Crippen molar-refractivity contribution in [2.75, 3.05) is 26.3 Å². The Morgan fingerprint density at radius 2 is 0.976 bits per heavy atom. The Balaban J connectivity index is 1.72. The van der Waals surface area contributed by atoms with E-state index in [1.807, 2.05) is 0 Å². The minimum atomic E-state index is -2.44. The molecular formula is C37H34N2OP+. The zero-order chi connectivity index (χ0) is 27.7. The number of hydrogen-bond donors (Lipinski definition) is 0. The largest absolute Gasteiger partial charge is 0.378 e. The quantitative estimate of drug-likeness (QED) is 0.126. The fraction of sp³-hybridized carbons (Fsp3) is 0.108. The van der Waals surface area contributed by atoms with Crippen LogP contribution in [-0.4, -0.2) is 37.0 Å². The van der Waals surface area contributed by atoms with Crippen LogP contribution in [0.15, 0.2) is 162 Å². The normalized spacial score (nSPS) is 14.6. The number of nitrogens with zero attached hydrogens (tertiary/aromatic N) is 2. The summed E-state index contributed by atoms with van der Waals surface area (Å²) in [5, 5.41) is 3.83. The van der Waals surface area contributed by atoms with Gasteiger partial charge in [-0.3, -0.25) is 0 Å². The number of amidine groups is 1. The number of benzene rings is 5. The monoisotopic (exact) mass is 553 g/mol. The molecule has 202 valence electrons. The molecule has 0 N–H and O–H groups in total. The third kappa shape index (κ3) is 5.79. The van der Waals surface area contributed by atoms with Crippen LogP contribution in [0.25, 0.3) is 6.08 Å². The highest BCUT2D eigenvalue weighted by molar-refractivity contribution is 7.99. The Morgan fingerprint density at radius 1 is 0.561 bits per heavy atom. The molecule has 4 heteroatoms. The molecule has 1 heterocycles. The maximum absolute atomic E-state index is 5.76. The molecule has 5 aromatic carbocycles. The Morgan fingerprint density at radius 3 is 1.44 bits per heavy atom. The first-order chi connectivity index (χ1) is 20.4. The van der Waals surface area contributed by atoms with Gasteiger partial charge < -0.3 is 9.64 Å². The van der Waals surface area contributed by atoms with E-state index in [2.05, 4.69) is 163 Å². The lowest BCUT2D eigenvalue weighted by atomic mass is 10.2. The van der Waals surface area contributed by atoms with E-state index in [1.54, 1.807) is 0 Å². The molecule has 0 unspecified atom stereocenters. The van der Waals surface area contributed by atoms with Gasteiger partial charge in [0.2, 0.25) is 5.44 Å². The summed E-state index contributed by atoms with van der Waals surface area (Å²) in [7, 11) is -2.44. The highest BCUT2D eigenvalue weighted by Gasteiger charge is 2.50. The van der Waals surface area contributed by atoms with E-state index in [1.165, 1.54) is 15.9 Å². The van der Waals surface area contributed by atoms with Crippen molar-refractivity contribution in [2.24, 2.45) is 4.99 Å². The van der Waals surface area contributed by atoms with Gasteiger partial charge >= 0.3 is 0 Å². The number of aliphatic imine (C=N–C) groups is 1. The minimum Gasteiger partial charge on any atom is -0.378 e. The van der Waals surface area contributed by atoms with Gasteiger partial charge in [-0.2, -0.15) is 4.99 Å². The molecule has 1 fully saturated rings. The van der Waals surface area contributed by atoms with E-state index in [-0.39, 0.29) is 0 Å². The smallest absolute Gasteiger partial charge is 0.200 e. The van der Waals surface area contributed by atoms with Crippen molar-refractivity contribution in [1.29, 1.82) is 0 Å². The molecule has 6 rings (SSSR count). The van der Waals surface area contributed by atoms with Gasteiger partial charge in [0.1, 0.15) is 21.7 Å². The lowest BCUT2D eigenvalue weighted by molar-refractivity contribution is 0.0683.